The Hall–Kier alpha value is -2.04. The SMILES string of the molecule is COc1ccc(Cl)cc1C(=O)N/N=C(\C)c1ccc(Cl)cc1. The molecule has 0 aliphatic rings. The smallest absolute Gasteiger partial charge is 0.275 e. The lowest BCUT2D eigenvalue weighted by atomic mass is 10.1. The lowest BCUT2D eigenvalue weighted by Gasteiger charge is -2.08. The van der Waals surface area contributed by atoms with Gasteiger partial charge in [0, 0.05) is 10.0 Å². The molecule has 0 bridgehead atoms. The van der Waals surface area contributed by atoms with E-state index >= 15 is 0 Å². The molecule has 22 heavy (non-hydrogen) atoms. The molecule has 0 fully saturated rings. The highest BCUT2D eigenvalue weighted by Crippen LogP contribution is 2.22. The molecular weight excluding hydrogens is 323 g/mol. The van der Waals surface area contributed by atoms with Crippen LogP contribution < -0.4 is 10.2 Å². The molecule has 0 unspecified atom stereocenters. The molecule has 2 rings (SSSR count). The lowest BCUT2D eigenvalue weighted by molar-refractivity contribution is 0.0952. The average molecular weight is 337 g/mol. The molecule has 0 aromatic heterocycles. The van der Waals surface area contributed by atoms with Crippen LogP contribution in [0, 0.1) is 0 Å². The molecule has 0 saturated carbocycles. The molecule has 0 aliphatic carbocycles. The fourth-order valence-corrected chi connectivity index (χ4v) is 2.11. The van der Waals surface area contributed by atoms with Crippen LogP contribution in [-0.2, 0) is 0 Å². The monoisotopic (exact) mass is 336 g/mol. The molecule has 0 heterocycles. The molecule has 0 radical (unpaired) electrons. The van der Waals surface area contributed by atoms with Crippen LogP contribution in [-0.4, -0.2) is 18.7 Å². The first kappa shape index (κ1) is 16.3. The maximum Gasteiger partial charge on any atom is 0.275 e. The standard InChI is InChI=1S/C16H14Cl2N2O2/c1-10(11-3-5-12(17)6-4-11)19-20-16(21)14-9-13(18)7-8-15(14)22-2/h3-9H,1-2H3,(H,20,21)/b19-10+. The average Bonchev–Trinajstić information content (AvgIpc) is 2.53. The third-order valence-electron chi connectivity index (χ3n) is 2.99. The van der Waals surface area contributed by atoms with E-state index in [4.69, 9.17) is 27.9 Å². The van der Waals surface area contributed by atoms with E-state index in [0.717, 1.165) is 5.56 Å². The van der Waals surface area contributed by atoms with Crippen molar-refractivity contribution >= 4 is 34.8 Å². The molecule has 114 valence electrons. The van der Waals surface area contributed by atoms with Gasteiger partial charge in [-0.15, -0.1) is 0 Å². The third-order valence-corrected chi connectivity index (χ3v) is 3.48. The van der Waals surface area contributed by atoms with Crippen molar-refractivity contribution in [3.63, 3.8) is 0 Å². The van der Waals surface area contributed by atoms with Crippen molar-refractivity contribution in [3.8, 4) is 5.75 Å². The molecular formula is C16H14Cl2N2O2. The maximum absolute atomic E-state index is 12.2. The first-order chi connectivity index (χ1) is 10.5. The number of benzene rings is 2. The summed E-state index contributed by atoms with van der Waals surface area (Å²) in [6, 6.07) is 12.0. The second-order valence-electron chi connectivity index (χ2n) is 4.49. The van der Waals surface area contributed by atoms with Crippen LogP contribution in [0.3, 0.4) is 0 Å². The van der Waals surface area contributed by atoms with Crippen molar-refractivity contribution in [1.29, 1.82) is 0 Å². The first-order valence-electron chi connectivity index (χ1n) is 6.45. The van der Waals surface area contributed by atoms with Gasteiger partial charge in [-0.2, -0.15) is 5.10 Å². The summed E-state index contributed by atoms with van der Waals surface area (Å²) in [7, 11) is 1.49. The Morgan fingerprint density at radius 2 is 1.73 bits per heavy atom. The normalized spacial score (nSPS) is 11.2. The van der Waals surface area contributed by atoms with Crippen LogP contribution >= 0.6 is 23.2 Å². The minimum absolute atomic E-state index is 0.322. The van der Waals surface area contributed by atoms with Gasteiger partial charge in [0.1, 0.15) is 5.75 Å². The summed E-state index contributed by atoms with van der Waals surface area (Å²) >= 11 is 11.7. The van der Waals surface area contributed by atoms with Crippen molar-refractivity contribution in [2.75, 3.05) is 7.11 Å². The molecule has 0 aliphatic heterocycles. The molecule has 4 nitrogen and oxygen atoms in total. The minimum atomic E-state index is -0.396. The zero-order valence-electron chi connectivity index (χ0n) is 12.1. The summed E-state index contributed by atoms with van der Waals surface area (Å²) in [4.78, 5) is 12.2. The second kappa shape index (κ2) is 7.29. The van der Waals surface area contributed by atoms with Gasteiger partial charge in [0.25, 0.3) is 5.91 Å². The summed E-state index contributed by atoms with van der Waals surface area (Å²) < 4.78 is 5.14. The van der Waals surface area contributed by atoms with Crippen molar-refractivity contribution in [3.05, 3.63) is 63.6 Å². The van der Waals surface area contributed by atoms with Crippen LogP contribution in [0.5, 0.6) is 5.75 Å². The van der Waals surface area contributed by atoms with Crippen LogP contribution in [0.2, 0.25) is 10.0 Å². The van der Waals surface area contributed by atoms with Crippen molar-refractivity contribution in [1.82, 2.24) is 5.43 Å². The van der Waals surface area contributed by atoms with E-state index in [0.29, 0.717) is 27.1 Å². The number of hydrogen-bond acceptors (Lipinski definition) is 3. The highest BCUT2D eigenvalue weighted by atomic mass is 35.5. The number of methoxy groups -OCH3 is 1. The Morgan fingerprint density at radius 1 is 1.09 bits per heavy atom. The Morgan fingerprint density at radius 3 is 2.36 bits per heavy atom. The van der Waals surface area contributed by atoms with Gasteiger partial charge in [0.2, 0.25) is 0 Å². The Labute approximate surface area is 138 Å². The lowest BCUT2D eigenvalue weighted by Crippen LogP contribution is -2.20. The molecule has 6 heteroatoms. The van der Waals surface area contributed by atoms with E-state index in [1.165, 1.54) is 13.2 Å². The van der Waals surface area contributed by atoms with Gasteiger partial charge in [0.15, 0.2) is 0 Å². The zero-order chi connectivity index (χ0) is 16.1. The summed E-state index contributed by atoms with van der Waals surface area (Å²) in [5.74, 6) is 0.0360. The fourth-order valence-electron chi connectivity index (χ4n) is 1.81. The quantitative estimate of drug-likeness (QED) is 0.673. The number of nitrogens with zero attached hydrogens (tertiary/aromatic N) is 1. The number of nitrogens with one attached hydrogen (secondary N) is 1. The van der Waals surface area contributed by atoms with E-state index in [2.05, 4.69) is 10.5 Å². The first-order valence-corrected chi connectivity index (χ1v) is 7.21. The predicted molar refractivity (Wildman–Crippen MR) is 89.1 cm³/mol. The molecule has 0 saturated heterocycles. The van der Waals surface area contributed by atoms with Gasteiger partial charge in [-0.1, -0.05) is 35.3 Å². The zero-order valence-corrected chi connectivity index (χ0v) is 13.6. The van der Waals surface area contributed by atoms with E-state index < -0.39 is 5.91 Å². The van der Waals surface area contributed by atoms with E-state index in [1.807, 2.05) is 12.1 Å². The third kappa shape index (κ3) is 4.00. The number of halogens is 2. The van der Waals surface area contributed by atoms with E-state index in [9.17, 15) is 4.79 Å². The molecule has 1 amide bonds. The summed E-state index contributed by atoms with van der Waals surface area (Å²) in [6.07, 6.45) is 0. The number of ether oxygens (including phenoxy) is 1. The van der Waals surface area contributed by atoms with Crippen LogP contribution in [0.1, 0.15) is 22.8 Å². The molecule has 1 N–H and O–H groups in total. The minimum Gasteiger partial charge on any atom is -0.496 e. The maximum atomic E-state index is 12.2. The summed E-state index contributed by atoms with van der Waals surface area (Å²) in [5.41, 5.74) is 4.34. The van der Waals surface area contributed by atoms with Gasteiger partial charge in [-0.25, -0.2) is 5.43 Å². The van der Waals surface area contributed by atoms with Gasteiger partial charge in [-0.3, -0.25) is 4.79 Å². The fraction of sp³-hybridized carbons (Fsp3) is 0.125. The second-order valence-corrected chi connectivity index (χ2v) is 5.36. The molecule has 0 atom stereocenters. The van der Waals surface area contributed by atoms with Crippen molar-refractivity contribution in [2.45, 2.75) is 6.92 Å². The number of amides is 1. The molecule has 2 aromatic rings. The van der Waals surface area contributed by atoms with Gasteiger partial charge < -0.3 is 4.74 Å². The Balaban J connectivity index is 2.17. The molecule has 2 aromatic carbocycles. The predicted octanol–water partition coefficient (Wildman–Crippen LogP) is 4.16. The van der Waals surface area contributed by atoms with Crippen LogP contribution in [0.25, 0.3) is 0 Å². The van der Waals surface area contributed by atoms with Crippen molar-refractivity contribution in [2.24, 2.45) is 5.10 Å². The largest absolute Gasteiger partial charge is 0.496 e. The summed E-state index contributed by atoms with van der Waals surface area (Å²) in [6.45, 7) is 1.79. The topological polar surface area (TPSA) is 50.7 Å². The van der Waals surface area contributed by atoms with Crippen LogP contribution in [0.15, 0.2) is 47.6 Å². The highest BCUT2D eigenvalue weighted by molar-refractivity contribution is 6.31. The summed E-state index contributed by atoms with van der Waals surface area (Å²) in [5, 5.41) is 5.17. The van der Waals surface area contributed by atoms with E-state index in [1.54, 1.807) is 31.2 Å². The number of carbonyl (C=O) groups is 1. The Bertz CT molecular complexity index is 713. The number of hydrazone groups is 1. The van der Waals surface area contributed by atoms with Gasteiger partial charge >= 0.3 is 0 Å². The Kier molecular flexibility index (Phi) is 5.41. The van der Waals surface area contributed by atoms with E-state index in [-0.39, 0.29) is 0 Å². The van der Waals surface area contributed by atoms with Gasteiger partial charge in [0.05, 0.1) is 18.4 Å². The number of rotatable bonds is 4. The van der Waals surface area contributed by atoms with Crippen molar-refractivity contribution < 1.29 is 9.53 Å². The number of hydrogen-bond donors (Lipinski definition) is 1. The van der Waals surface area contributed by atoms with Crippen LogP contribution in [0.4, 0.5) is 0 Å². The number of carbonyl (C=O) groups excluding carboxylic acids is 1. The van der Waals surface area contributed by atoms with Gasteiger partial charge in [-0.05, 0) is 42.8 Å². The highest BCUT2D eigenvalue weighted by Gasteiger charge is 2.12. The molecule has 0 spiro atoms.